The van der Waals surface area contributed by atoms with Crippen LogP contribution in [-0.2, 0) is 5.41 Å². The van der Waals surface area contributed by atoms with Crippen LogP contribution in [0, 0.1) is 0 Å². The molecule has 1 aromatic rings. The molecule has 0 amide bonds. The first-order valence-corrected chi connectivity index (χ1v) is 4.41. The van der Waals surface area contributed by atoms with Gasteiger partial charge in [-0.15, -0.1) is 0 Å². The van der Waals surface area contributed by atoms with E-state index in [-0.39, 0.29) is 0 Å². The maximum absolute atomic E-state index is 5.43. The summed E-state index contributed by atoms with van der Waals surface area (Å²) >= 11 is 0. The molecule has 0 aromatic carbocycles. The zero-order chi connectivity index (χ0) is 7.73. The smallest absolute Gasteiger partial charge is 0.109 e. The van der Waals surface area contributed by atoms with Gasteiger partial charge in [0.25, 0.3) is 0 Å². The Bertz CT molecular complexity index is 214. The fourth-order valence-electron chi connectivity index (χ4n) is 1.96. The van der Waals surface area contributed by atoms with Crippen molar-refractivity contribution in [1.29, 1.82) is 0 Å². The summed E-state index contributed by atoms with van der Waals surface area (Å²) in [6, 6.07) is 4.10. The minimum Gasteiger partial charge on any atom is -0.469 e. The average molecular weight is 150 g/mol. The van der Waals surface area contributed by atoms with Crippen LogP contribution in [0.4, 0.5) is 0 Å². The van der Waals surface area contributed by atoms with E-state index in [0.717, 1.165) is 0 Å². The van der Waals surface area contributed by atoms with Gasteiger partial charge in [0.2, 0.25) is 0 Å². The lowest BCUT2D eigenvalue weighted by Gasteiger charge is -2.39. The Morgan fingerprint density at radius 2 is 2.36 bits per heavy atom. The molecule has 0 N–H and O–H groups in total. The molecule has 0 saturated heterocycles. The Kier molecular flexibility index (Phi) is 1.52. The molecule has 1 fully saturated rings. The van der Waals surface area contributed by atoms with Crippen LogP contribution in [0.25, 0.3) is 0 Å². The van der Waals surface area contributed by atoms with E-state index in [1.807, 2.05) is 6.07 Å². The van der Waals surface area contributed by atoms with Crippen molar-refractivity contribution in [2.45, 2.75) is 38.0 Å². The van der Waals surface area contributed by atoms with Gasteiger partial charge in [-0.2, -0.15) is 0 Å². The van der Waals surface area contributed by atoms with Gasteiger partial charge in [-0.25, -0.2) is 0 Å². The normalized spacial score (nSPS) is 21.2. The SMILES string of the molecule is CCC1(c2ccco2)CCC1. The topological polar surface area (TPSA) is 13.1 Å². The number of rotatable bonds is 2. The van der Waals surface area contributed by atoms with Crippen molar-refractivity contribution in [3.8, 4) is 0 Å². The number of furan rings is 1. The molecule has 1 heterocycles. The first-order valence-electron chi connectivity index (χ1n) is 4.41. The fourth-order valence-corrected chi connectivity index (χ4v) is 1.96. The minimum atomic E-state index is 0.420. The van der Waals surface area contributed by atoms with Crippen molar-refractivity contribution >= 4 is 0 Å². The second-order valence-corrected chi connectivity index (χ2v) is 3.46. The fraction of sp³-hybridized carbons (Fsp3) is 0.600. The molecule has 0 bridgehead atoms. The lowest BCUT2D eigenvalue weighted by atomic mass is 9.65. The summed E-state index contributed by atoms with van der Waals surface area (Å²) in [6.07, 6.45) is 7.01. The summed E-state index contributed by atoms with van der Waals surface area (Å²) in [5.74, 6) is 1.20. The molecule has 0 atom stereocenters. The summed E-state index contributed by atoms with van der Waals surface area (Å²) < 4.78 is 5.43. The molecule has 1 saturated carbocycles. The Morgan fingerprint density at radius 3 is 2.73 bits per heavy atom. The van der Waals surface area contributed by atoms with Crippen molar-refractivity contribution in [1.82, 2.24) is 0 Å². The maximum Gasteiger partial charge on any atom is 0.109 e. The molecule has 1 nitrogen and oxygen atoms in total. The Labute approximate surface area is 67.4 Å². The third kappa shape index (κ3) is 0.907. The van der Waals surface area contributed by atoms with E-state index in [4.69, 9.17) is 4.42 Å². The molecule has 1 aliphatic carbocycles. The zero-order valence-electron chi connectivity index (χ0n) is 6.97. The first-order chi connectivity index (χ1) is 5.37. The van der Waals surface area contributed by atoms with Gasteiger partial charge in [-0.05, 0) is 31.4 Å². The quantitative estimate of drug-likeness (QED) is 0.631. The van der Waals surface area contributed by atoms with Crippen molar-refractivity contribution < 1.29 is 4.42 Å². The van der Waals surface area contributed by atoms with Crippen molar-refractivity contribution in [3.05, 3.63) is 24.2 Å². The summed E-state index contributed by atoms with van der Waals surface area (Å²) in [6.45, 7) is 2.25. The highest BCUT2D eigenvalue weighted by Gasteiger charge is 2.38. The monoisotopic (exact) mass is 150 g/mol. The summed E-state index contributed by atoms with van der Waals surface area (Å²) in [5.41, 5.74) is 0.420. The largest absolute Gasteiger partial charge is 0.469 e. The minimum absolute atomic E-state index is 0.420. The Morgan fingerprint density at radius 1 is 1.55 bits per heavy atom. The first kappa shape index (κ1) is 6.96. The highest BCUT2D eigenvalue weighted by molar-refractivity contribution is 5.17. The van der Waals surface area contributed by atoms with Crippen LogP contribution < -0.4 is 0 Å². The zero-order valence-corrected chi connectivity index (χ0v) is 6.97. The van der Waals surface area contributed by atoms with Crippen LogP contribution in [-0.4, -0.2) is 0 Å². The number of hydrogen-bond acceptors (Lipinski definition) is 1. The lowest BCUT2D eigenvalue weighted by Crippen LogP contribution is -2.32. The highest BCUT2D eigenvalue weighted by Crippen LogP contribution is 2.46. The predicted octanol–water partition coefficient (Wildman–Crippen LogP) is 3.11. The molecule has 60 valence electrons. The van der Waals surface area contributed by atoms with Gasteiger partial charge >= 0.3 is 0 Å². The molecule has 11 heavy (non-hydrogen) atoms. The average Bonchev–Trinajstić information content (AvgIpc) is 2.39. The van der Waals surface area contributed by atoms with E-state index in [0.29, 0.717) is 5.41 Å². The van der Waals surface area contributed by atoms with Gasteiger partial charge in [0.1, 0.15) is 5.76 Å². The standard InChI is InChI=1S/C10H14O/c1-2-10(6-4-7-10)9-5-3-8-11-9/h3,5,8H,2,4,6-7H2,1H3. The van der Waals surface area contributed by atoms with Crippen LogP contribution in [0.5, 0.6) is 0 Å². The molecular weight excluding hydrogens is 136 g/mol. The van der Waals surface area contributed by atoms with E-state index in [1.165, 1.54) is 31.4 Å². The van der Waals surface area contributed by atoms with E-state index in [9.17, 15) is 0 Å². The van der Waals surface area contributed by atoms with Crippen molar-refractivity contribution in [3.63, 3.8) is 0 Å². The van der Waals surface area contributed by atoms with Gasteiger partial charge in [0, 0.05) is 5.41 Å². The van der Waals surface area contributed by atoms with Crippen LogP contribution in [0.1, 0.15) is 38.4 Å². The molecule has 0 spiro atoms. The lowest BCUT2D eigenvalue weighted by molar-refractivity contribution is 0.192. The van der Waals surface area contributed by atoms with Crippen LogP contribution in [0.15, 0.2) is 22.8 Å². The second kappa shape index (κ2) is 2.40. The van der Waals surface area contributed by atoms with Crippen LogP contribution in [0.2, 0.25) is 0 Å². The second-order valence-electron chi connectivity index (χ2n) is 3.46. The number of hydrogen-bond donors (Lipinski definition) is 0. The molecule has 1 aliphatic rings. The molecule has 0 radical (unpaired) electrons. The summed E-state index contributed by atoms with van der Waals surface area (Å²) in [4.78, 5) is 0. The molecule has 0 unspecified atom stereocenters. The van der Waals surface area contributed by atoms with Crippen LogP contribution in [0.3, 0.4) is 0 Å². The Balaban J connectivity index is 2.25. The third-order valence-electron chi connectivity index (χ3n) is 3.03. The van der Waals surface area contributed by atoms with Crippen molar-refractivity contribution in [2.24, 2.45) is 0 Å². The molecule has 0 aliphatic heterocycles. The van der Waals surface area contributed by atoms with Gasteiger partial charge in [-0.3, -0.25) is 0 Å². The molecule has 2 rings (SSSR count). The van der Waals surface area contributed by atoms with Crippen LogP contribution >= 0.6 is 0 Å². The summed E-state index contributed by atoms with van der Waals surface area (Å²) in [7, 11) is 0. The van der Waals surface area contributed by atoms with Gasteiger partial charge in [0.05, 0.1) is 6.26 Å². The highest BCUT2D eigenvalue weighted by atomic mass is 16.3. The maximum atomic E-state index is 5.43. The molecular formula is C10H14O. The van der Waals surface area contributed by atoms with E-state index >= 15 is 0 Å². The van der Waals surface area contributed by atoms with Gasteiger partial charge in [-0.1, -0.05) is 13.3 Å². The van der Waals surface area contributed by atoms with E-state index in [2.05, 4.69) is 13.0 Å². The van der Waals surface area contributed by atoms with Gasteiger partial charge < -0.3 is 4.42 Å². The predicted molar refractivity (Wildman–Crippen MR) is 44.5 cm³/mol. The van der Waals surface area contributed by atoms with E-state index in [1.54, 1.807) is 6.26 Å². The molecule has 1 aromatic heterocycles. The summed E-state index contributed by atoms with van der Waals surface area (Å²) in [5, 5.41) is 0. The van der Waals surface area contributed by atoms with Crippen molar-refractivity contribution in [2.75, 3.05) is 0 Å². The third-order valence-corrected chi connectivity index (χ3v) is 3.03. The Hall–Kier alpha value is -0.720. The van der Waals surface area contributed by atoms with E-state index < -0.39 is 0 Å². The van der Waals surface area contributed by atoms with Gasteiger partial charge in [0.15, 0.2) is 0 Å². The molecule has 1 heteroatoms.